The molecule has 72 valence electrons. The van der Waals surface area contributed by atoms with Crippen LogP contribution in [0, 0.1) is 11.3 Å². The first-order chi connectivity index (χ1) is 6.09. The molecule has 0 fully saturated rings. The van der Waals surface area contributed by atoms with Gasteiger partial charge in [0.1, 0.15) is 0 Å². The zero-order valence-corrected chi connectivity index (χ0v) is 9.06. The molecule has 0 nitrogen and oxygen atoms in total. The van der Waals surface area contributed by atoms with Gasteiger partial charge in [0.05, 0.1) is 0 Å². The predicted molar refractivity (Wildman–Crippen MR) is 57.6 cm³/mol. The molecular formula is C13H20. The van der Waals surface area contributed by atoms with Gasteiger partial charge in [0.15, 0.2) is 0 Å². The van der Waals surface area contributed by atoms with Crippen LogP contribution in [0.4, 0.5) is 0 Å². The Morgan fingerprint density at radius 3 is 2.85 bits per heavy atom. The van der Waals surface area contributed by atoms with Gasteiger partial charge in [0.25, 0.3) is 0 Å². The van der Waals surface area contributed by atoms with Gasteiger partial charge in [-0.2, -0.15) is 0 Å². The first kappa shape index (κ1) is 9.05. The number of allylic oxidation sites excluding steroid dienone is 4. The molecule has 0 amide bonds. The van der Waals surface area contributed by atoms with Crippen molar-refractivity contribution >= 4 is 0 Å². The molecule has 0 aromatic carbocycles. The third-order valence-electron chi connectivity index (χ3n) is 3.58. The Kier molecular flexibility index (Phi) is 2.09. The molecule has 0 heterocycles. The van der Waals surface area contributed by atoms with Gasteiger partial charge in [0.2, 0.25) is 0 Å². The molecule has 2 aliphatic carbocycles. The van der Waals surface area contributed by atoms with Crippen LogP contribution in [0.25, 0.3) is 0 Å². The van der Waals surface area contributed by atoms with Crippen LogP contribution in [0.2, 0.25) is 0 Å². The summed E-state index contributed by atoms with van der Waals surface area (Å²) in [4.78, 5) is 0. The van der Waals surface area contributed by atoms with E-state index in [1.807, 2.05) is 0 Å². The zero-order valence-electron chi connectivity index (χ0n) is 9.06. The lowest BCUT2D eigenvalue weighted by Crippen LogP contribution is -2.13. The topological polar surface area (TPSA) is 0 Å². The zero-order chi connectivity index (χ0) is 9.47. The van der Waals surface area contributed by atoms with E-state index >= 15 is 0 Å². The summed E-state index contributed by atoms with van der Waals surface area (Å²) in [6, 6.07) is 0. The second kappa shape index (κ2) is 3.01. The van der Waals surface area contributed by atoms with Gasteiger partial charge in [0, 0.05) is 0 Å². The molecule has 0 N–H and O–H groups in total. The van der Waals surface area contributed by atoms with Gasteiger partial charge in [-0.3, -0.25) is 0 Å². The van der Waals surface area contributed by atoms with Crippen molar-refractivity contribution in [2.75, 3.05) is 0 Å². The van der Waals surface area contributed by atoms with Crippen molar-refractivity contribution < 1.29 is 0 Å². The Bertz CT molecular complexity index is 266. The van der Waals surface area contributed by atoms with E-state index in [0.29, 0.717) is 5.41 Å². The molecule has 0 saturated heterocycles. The smallest absolute Gasteiger partial charge is 0.0136 e. The molecule has 0 heteroatoms. The fraction of sp³-hybridized carbons (Fsp3) is 0.692. The molecule has 0 spiro atoms. The summed E-state index contributed by atoms with van der Waals surface area (Å²) in [5.41, 5.74) is 3.85. The van der Waals surface area contributed by atoms with Gasteiger partial charge in [-0.05, 0) is 42.6 Å². The summed E-state index contributed by atoms with van der Waals surface area (Å²) in [5, 5.41) is 0. The summed E-state index contributed by atoms with van der Waals surface area (Å²) in [7, 11) is 0. The van der Waals surface area contributed by atoms with Crippen LogP contribution in [0.3, 0.4) is 0 Å². The van der Waals surface area contributed by atoms with Crippen molar-refractivity contribution in [3.05, 3.63) is 23.3 Å². The molecule has 0 bridgehead atoms. The summed E-state index contributed by atoms with van der Waals surface area (Å²) in [6.07, 6.45) is 9.99. The van der Waals surface area contributed by atoms with Crippen molar-refractivity contribution in [1.29, 1.82) is 0 Å². The highest BCUT2D eigenvalue weighted by Gasteiger charge is 2.31. The van der Waals surface area contributed by atoms with Gasteiger partial charge in [-0.1, -0.05) is 38.5 Å². The highest BCUT2D eigenvalue weighted by Crippen LogP contribution is 2.46. The van der Waals surface area contributed by atoms with Crippen LogP contribution >= 0.6 is 0 Å². The molecule has 2 aliphatic rings. The summed E-state index contributed by atoms with van der Waals surface area (Å²) >= 11 is 0. The van der Waals surface area contributed by atoms with Crippen molar-refractivity contribution in [2.24, 2.45) is 11.3 Å². The monoisotopic (exact) mass is 176 g/mol. The Morgan fingerprint density at radius 2 is 2.08 bits per heavy atom. The molecule has 13 heavy (non-hydrogen) atoms. The maximum absolute atomic E-state index is 2.41. The fourth-order valence-corrected chi connectivity index (χ4v) is 2.75. The lowest BCUT2D eigenvalue weighted by atomic mass is 9.79. The Hall–Kier alpha value is -0.520. The van der Waals surface area contributed by atoms with E-state index in [9.17, 15) is 0 Å². The summed E-state index contributed by atoms with van der Waals surface area (Å²) in [5.74, 6) is 0.882. The largest absolute Gasteiger partial charge is 0.0842 e. The first-order valence-corrected chi connectivity index (χ1v) is 5.48. The van der Waals surface area contributed by atoms with E-state index in [-0.39, 0.29) is 0 Å². The molecule has 0 radical (unpaired) electrons. The highest BCUT2D eigenvalue weighted by atomic mass is 14.4. The quantitative estimate of drug-likeness (QED) is 0.521. The van der Waals surface area contributed by atoms with Crippen LogP contribution in [-0.2, 0) is 0 Å². The van der Waals surface area contributed by atoms with Gasteiger partial charge in [-0.15, -0.1) is 0 Å². The molecule has 2 rings (SSSR count). The van der Waals surface area contributed by atoms with Gasteiger partial charge < -0.3 is 0 Å². The molecule has 0 aliphatic heterocycles. The number of rotatable bonds is 0. The first-order valence-electron chi connectivity index (χ1n) is 5.48. The fourth-order valence-electron chi connectivity index (χ4n) is 2.75. The third kappa shape index (κ3) is 1.59. The minimum Gasteiger partial charge on any atom is -0.0842 e. The van der Waals surface area contributed by atoms with E-state index in [1.165, 1.54) is 25.7 Å². The van der Waals surface area contributed by atoms with E-state index in [4.69, 9.17) is 0 Å². The van der Waals surface area contributed by atoms with Crippen LogP contribution < -0.4 is 0 Å². The highest BCUT2D eigenvalue weighted by molar-refractivity contribution is 5.35. The van der Waals surface area contributed by atoms with Crippen molar-refractivity contribution in [3.63, 3.8) is 0 Å². The van der Waals surface area contributed by atoms with Crippen molar-refractivity contribution in [2.45, 2.75) is 46.5 Å². The standard InChI is InChI=1S/C13H20/c1-10-8-11-6-4-5-7-13(2,3)12(11)9-10/h4,6,10H,5,7-9H2,1-3H3. The minimum atomic E-state index is 0.462. The normalized spacial score (nSPS) is 31.8. The molecule has 0 aromatic rings. The van der Waals surface area contributed by atoms with E-state index in [2.05, 4.69) is 32.9 Å². The van der Waals surface area contributed by atoms with Gasteiger partial charge >= 0.3 is 0 Å². The Balaban J connectivity index is 2.34. The number of hydrogen-bond acceptors (Lipinski definition) is 0. The van der Waals surface area contributed by atoms with Crippen LogP contribution in [0.5, 0.6) is 0 Å². The molecule has 1 unspecified atom stereocenters. The maximum Gasteiger partial charge on any atom is -0.0136 e. The van der Waals surface area contributed by atoms with Crippen molar-refractivity contribution in [3.8, 4) is 0 Å². The predicted octanol–water partition coefficient (Wildman–Crippen LogP) is 4.09. The molecule has 0 saturated carbocycles. The number of hydrogen-bond donors (Lipinski definition) is 0. The minimum absolute atomic E-state index is 0.462. The van der Waals surface area contributed by atoms with E-state index in [0.717, 1.165) is 5.92 Å². The third-order valence-corrected chi connectivity index (χ3v) is 3.58. The second-order valence-corrected chi connectivity index (χ2v) is 5.34. The van der Waals surface area contributed by atoms with Crippen LogP contribution in [0.1, 0.15) is 46.5 Å². The lowest BCUT2D eigenvalue weighted by Gasteiger charge is -2.26. The van der Waals surface area contributed by atoms with Crippen LogP contribution in [0.15, 0.2) is 23.3 Å². The Labute approximate surface area is 81.7 Å². The molecular weight excluding hydrogens is 156 g/mol. The summed E-state index contributed by atoms with van der Waals surface area (Å²) < 4.78 is 0. The van der Waals surface area contributed by atoms with E-state index in [1.54, 1.807) is 11.1 Å². The van der Waals surface area contributed by atoms with Crippen LogP contribution in [-0.4, -0.2) is 0 Å². The lowest BCUT2D eigenvalue weighted by molar-refractivity contribution is 0.394. The molecule has 1 atom stereocenters. The van der Waals surface area contributed by atoms with E-state index < -0.39 is 0 Å². The summed E-state index contributed by atoms with van der Waals surface area (Å²) in [6.45, 7) is 7.19. The maximum atomic E-state index is 2.41. The average molecular weight is 176 g/mol. The van der Waals surface area contributed by atoms with Gasteiger partial charge in [-0.25, -0.2) is 0 Å². The second-order valence-electron chi connectivity index (χ2n) is 5.34. The SMILES string of the molecule is CC1CC2=C(C1)C(C)(C)CCC=C2. The van der Waals surface area contributed by atoms with Crippen molar-refractivity contribution in [1.82, 2.24) is 0 Å². The Morgan fingerprint density at radius 1 is 1.31 bits per heavy atom. The average Bonchev–Trinajstić information content (AvgIpc) is 2.36. The molecule has 0 aromatic heterocycles.